The molecule has 1 N–H and O–H groups in total. The zero-order valence-electron chi connectivity index (χ0n) is 12.4. The summed E-state index contributed by atoms with van der Waals surface area (Å²) in [6.45, 7) is 8.24. The standard InChI is InChI=1S/C15H27NO2S/c1-11-13(7-5-9-19-11)16-8-4-6-12(10-16)15(2,3)14(17)18/h11-13H,4-10H2,1-3H3,(H,17,18). The summed E-state index contributed by atoms with van der Waals surface area (Å²) >= 11 is 2.08. The fourth-order valence-electron chi connectivity index (χ4n) is 3.46. The maximum Gasteiger partial charge on any atom is 0.309 e. The Kier molecular flexibility index (Phi) is 4.83. The highest BCUT2D eigenvalue weighted by atomic mass is 32.2. The zero-order chi connectivity index (χ0) is 14.0. The van der Waals surface area contributed by atoms with Gasteiger partial charge in [-0.15, -0.1) is 0 Å². The Morgan fingerprint density at radius 1 is 1.32 bits per heavy atom. The minimum atomic E-state index is -0.648. The van der Waals surface area contributed by atoms with Gasteiger partial charge >= 0.3 is 5.97 Å². The van der Waals surface area contributed by atoms with E-state index in [4.69, 9.17) is 0 Å². The molecule has 0 aromatic rings. The molecule has 3 atom stereocenters. The van der Waals surface area contributed by atoms with Crippen LogP contribution < -0.4 is 0 Å². The Hall–Kier alpha value is -0.220. The zero-order valence-corrected chi connectivity index (χ0v) is 13.2. The molecule has 3 unspecified atom stereocenters. The lowest BCUT2D eigenvalue weighted by Gasteiger charge is -2.45. The molecular formula is C15H27NO2S. The highest BCUT2D eigenvalue weighted by Gasteiger charge is 2.41. The van der Waals surface area contributed by atoms with Crippen molar-refractivity contribution in [2.24, 2.45) is 11.3 Å². The predicted molar refractivity (Wildman–Crippen MR) is 80.7 cm³/mol. The molecule has 2 aliphatic rings. The second-order valence-corrected chi connectivity index (χ2v) is 8.13. The van der Waals surface area contributed by atoms with Crippen LogP contribution in [0.2, 0.25) is 0 Å². The van der Waals surface area contributed by atoms with Crippen molar-refractivity contribution in [1.29, 1.82) is 0 Å². The van der Waals surface area contributed by atoms with E-state index in [1.165, 1.54) is 18.6 Å². The van der Waals surface area contributed by atoms with E-state index in [0.717, 1.165) is 25.9 Å². The third-order valence-electron chi connectivity index (χ3n) is 5.06. The van der Waals surface area contributed by atoms with Crippen LogP contribution in [0.4, 0.5) is 0 Å². The van der Waals surface area contributed by atoms with E-state index in [-0.39, 0.29) is 5.92 Å². The lowest BCUT2D eigenvalue weighted by atomic mass is 9.74. The van der Waals surface area contributed by atoms with E-state index in [1.807, 2.05) is 13.8 Å². The minimum absolute atomic E-state index is 0.290. The summed E-state index contributed by atoms with van der Waals surface area (Å²) in [5.41, 5.74) is -0.594. The Bertz CT molecular complexity index is 332. The molecule has 0 aromatic carbocycles. The van der Waals surface area contributed by atoms with Crippen molar-refractivity contribution in [2.45, 2.75) is 57.7 Å². The van der Waals surface area contributed by atoms with Gasteiger partial charge in [0.2, 0.25) is 0 Å². The van der Waals surface area contributed by atoms with Gasteiger partial charge in [-0.1, -0.05) is 6.92 Å². The van der Waals surface area contributed by atoms with E-state index in [1.54, 1.807) is 0 Å². The summed E-state index contributed by atoms with van der Waals surface area (Å²) in [7, 11) is 0. The normalized spacial score (nSPS) is 34.2. The number of likely N-dealkylation sites (tertiary alicyclic amines) is 1. The minimum Gasteiger partial charge on any atom is -0.481 e. The molecule has 0 bridgehead atoms. The molecule has 3 nitrogen and oxygen atoms in total. The highest BCUT2D eigenvalue weighted by molar-refractivity contribution is 7.99. The highest BCUT2D eigenvalue weighted by Crippen LogP contribution is 2.37. The van der Waals surface area contributed by atoms with Crippen LogP contribution in [0, 0.1) is 11.3 Å². The van der Waals surface area contributed by atoms with Crippen LogP contribution >= 0.6 is 11.8 Å². The third-order valence-corrected chi connectivity index (χ3v) is 6.42. The van der Waals surface area contributed by atoms with Crippen LogP contribution in [-0.4, -0.2) is 46.1 Å². The van der Waals surface area contributed by atoms with Crippen LogP contribution in [0.15, 0.2) is 0 Å². The van der Waals surface area contributed by atoms with Crippen molar-refractivity contribution < 1.29 is 9.90 Å². The summed E-state index contributed by atoms with van der Waals surface area (Å²) in [4.78, 5) is 14.0. The first kappa shape index (κ1) is 15.2. The first-order valence-corrected chi connectivity index (χ1v) is 8.57. The lowest BCUT2D eigenvalue weighted by molar-refractivity contribution is -0.151. The van der Waals surface area contributed by atoms with Crippen LogP contribution in [0.5, 0.6) is 0 Å². The summed E-state index contributed by atoms with van der Waals surface area (Å²) in [6.07, 6.45) is 4.80. The van der Waals surface area contributed by atoms with Gasteiger partial charge in [-0.05, 0) is 57.7 Å². The van der Waals surface area contributed by atoms with E-state index >= 15 is 0 Å². The largest absolute Gasteiger partial charge is 0.481 e. The molecule has 0 saturated carbocycles. The monoisotopic (exact) mass is 285 g/mol. The molecule has 0 radical (unpaired) electrons. The van der Waals surface area contributed by atoms with Crippen LogP contribution in [0.25, 0.3) is 0 Å². The Balaban J connectivity index is 2.02. The van der Waals surface area contributed by atoms with Gasteiger partial charge in [-0.3, -0.25) is 9.69 Å². The van der Waals surface area contributed by atoms with E-state index in [0.29, 0.717) is 11.3 Å². The van der Waals surface area contributed by atoms with Gasteiger partial charge in [0.25, 0.3) is 0 Å². The number of thioether (sulfide) groups is 1. The van der Waals surface area contributed by atoms with Crippen molar-refractivity contribution in [1.82, 2.24) is 4.90 Å². The van der Waals surface area contributed by atoms with Crippen LogP contribution in [0.1, 0.15) is 46.5 Å². The Morgan fingerprint density at radius 2 is 2.05 bits per heavy atom. The predicted octanol–water partition coefficient (Wildman–Crippen LogP) is 3.09. The molecular weight excluding hydrogens is 258 g/mol. The summed E-state index contributed by atoms with van der Waals surface area (Å²) < 4.78 is 0. The number of carboxylic acids is 1. The van der Waals surface area contributed by atoms with Gasteiger partial charge < -0.3 is 5.11 Å². The summed E-state index contributed by atoms with van der Waals surface area (Å²) in [5.74, 6) is 0.929. The Morgan fingerprint density at radius 3 is 2.68 bits per heavy atom. The smallest absolute Gasteiger partial charge is 0.309 e. The summed E-state index contributed by atoms with van der Waals surface area (Å²) in [5, 5.41) is 10.1. The van der Waals surface area contributed by atoms with Crippen molar-refractivity contribution >= 4 is 17.7 Å². The fourth-order valence-corrected chi connectivity index (χ4v) is 4.69. The lowest BCUT2D eigenvalue weighted by Crippen LogP contribution is -2.51. The molecule has 0 spiro atoms. The van der Waals surface area contributed by atoms with Gasteiger partial charge in [0.1, 0.15) is 0 Å². The van der Waals surface area contributed by atoms with Gasteiger partial charge in [-0.2, -0.15) is 11.8 Å². The molecule has 0 amide bonds. The van der Waals surface area contributed by atoms with Crippen molar-refractivity contribution in [3.8, 4) is 0 Å². The maximum atomic E-state index is 11.4. The molecule has 2 aliphatic heterocycles. The van der Waals surface area contributed by atoms with Crippen molar-refractivity contribution in [2.75, 3.05) is 18.8 Å². The van der Waals surface area contributed by atoms with Crippen LogP contribution in [0.3, 0.4) is 0 Å². The number of nitrogens with zero attached hydrogens (tertiary/aromatic N) is 1. The molecule has 2 rings (SSSR count). The topological polar surface area (TPSA) is 40.5 Å². The number of hydrogen-bond donors (Lipinski definition) is 1. The number of carbonyl (C=O) groups is 1. The van der Waals surface area contributed by atoms with Gasteiger partial charge in [0.05, 0.1) is 5.41 Å². The van der Waals surface area contributed by atoms with E-state index < -0.39 is 11.4 Å². The second kappa shape index (κ2) is 6.04. The molecule has 2 saturated heterocycles. The van der Waals surface area contributed by atoms with Crippen LogP contribution in [-0.2, 0) is 4.79 Å². The second-order valence-electron chi connectivity index (χ2n) is 6.65. The average Bonchev–Trinajstić information content (AvgIpc) is 2.39. The molecule has 4 heteroatoms. The average molecular weight is 285 g/mol. The van der Waals surface area contributed by atoms with E-state index in [9.17, 15) is 9.90 Å². The third kappa shape index (κ3) is 3.27. The summed E-state index contributed by atoms with van der Waals surface area (Å²) in [6, 6.07) is 0.658. The first-order valence-electron chi connectivity index (χ1n) is 7.52. The number of rotatable bonds is 3. The molecule has 0 aliphatic carbocycles. The maximum absolute atomic E-state index is 11.4. The Labute approximate surface area is 121 Å². The molecule has 19 heavy (non-hydrogen) atoms. The van der Waals surface area contributed by atoms with Crippen molar-refractivity contribution in [3.63, 3.8) is 0 Å². The molecule has 0 aromatic heterocycles. The van der Waals surface area contributed by atoms with Crippen molar-refractivity contribution in [3.05, 3.63) is 0 Å². The van der Waals surface area contributed by atoms with E-state index in [2.05, 4.69) is 23.6 Å². The number of carboxylic acid groups (broad SMARTS) is 1. The van der Waals surface area contributed by atoms with Gasteiger partial charge in [0.15, 0.2) is 0 Å². The number of piperidine rings is 1. The first-order chi connectivity index (χ1) is 8.93. The molecule has 110 valence electrons. The fraction of sp³-hybridized carbons (Fsp3) is 0.933. The molecule has 2 heterocycles. The van der Waals surface area contributed by atoms with Gasteiger partial charge in [-0.25, -0.2) is 0 Å². The molecule has 2 fully saturated rings. The SMILES string of the molecule is CC1SCCCC1N1CCCC(C(C)(C)C(=O)O)C1. The quantitative estimate of drug-likeness (QED) is 0.865. The number of hydrogen-bond acceptors (Lipinski definition) is 3. The van der Waals surface area contributed by atoms with Gasteiger partial charge in [0, 0.05) is 17.8 Å². The number of aliphatic carboxylic acids is 1.